The van der Waals surface area contributed by atoms with Crippen molar-refractivity contribution in [3.8, 4) is 5.75 Å². The van der Waals surface area contributed by atoms with Crippen LogP contribution in [0.1, 0.15) is 44.9 Å². The van der Waals surface area contributed by atoms with E-state index in [1.165, 1.54) is 49.8 Å². The molecule has 0 N–H and O–H groups in total. The largest absolute Gasteiger partial charge is 0.492 e. The summed E-state index contributed by atoms with van der Waals surface area (Å²) in [7, 11) is 0. The molecule has 19 heavy (non-hydrogen) atoms. The summed E-state index contributed by atoms with van der Waals surface area (Å²) in [6.45, 7) is 0.846. The van der Waals surface area contributed by atoms with Crippen LogP contribution in [0, 0.1) is 0 Å². The third-order valence-corrected chi connectivity index (χ3v) is 4.44. The van der Waals surface area contributed by atoms with Crippen LogP contribution >= 0.6 is 27.7 Å². The Morgan fingerprint density at radius 3 is 2.26 bits per heavy atom. The lowest BCUT2D eigenvalue weighted by Crippen LogP contribution is -1.98. The second-order valence-electron chi connectivity index (χ2n) is 4.66. The minimum absolute atomic E-state index is 0.846. The number of thioether (sulfide) groups is 1. The molecule has 0 aromatic heterocycles. The normalized spacial score (nSPS) is 10.6. The van der Waals surface area contributed by atoms with E-state index in [-0.39, 0.29) is 0 Å². The van der Waals surface area contributed by atoms with Crippen molar-refractivity contribution in [1.82, 2.24) is 0 Å². The monoisotopic (exact) mass is 344 g/mol. The highest BCUT2D eigenvalue weighted by Gasteiger charge is 2.00. The van der Waals surface area contributed by atoms with Gasteiger partial charge in [-0.15, -0.1) is 11.8 Å². The van der Waals surface area contributed by atoms with Gasteiger partial charge in [0.15, 0.2) is 0 Å². The van der Waals surface area contributed by atoms with Crippen LogP contribution in [-0.4, -0.2) is 18.2 Å². The van der Waals surface area contributed by atoms with Crippen LogP contribution in [0.25, 0.3) is 0 Å². The second-order valence-corrected chi connectivity index (χ2v) is 6.30. The fraction of sp³-hybridized carbons (Fsp3) is 0.625. The molecule has 108 valence electrons. The van der Waals surface area contributed by atoms with Gasteiger partial charge in [0.25, 0.3) is 0 Å². The SMILES string of the molecule is CSc1ccccc1OCCCCCCCCCBr. The topological polar surface area (TPSA) is 9.23 Å². The van der Waals surface area contributed by atoms with Gasteiger partial charge >= 0.3 is 0 Å². The van der Waals surface area contributed by atoms with Crippen molar-refractivity contribution in [2.75, 3.05) is 18.2 Å². The number of para-hydroxylation sites is 1. The fourth-order valence-electron chi connectivity index (χ4n) is 2.00. The van der Waals surface area contributed by atoms with Crippen molar-refractivity contribution in [3.63, 3.8) is 0 Å². The van der Waals surface area contributed by atoms with Gasteiger partial charge in [-0.2, -0.15) is 0 Å². The summed E-state index contributed by atoms with van der Waals surface area (Å²) in [6, 6.07) is 8.28. The third kappa shape index (κ3) is 7.88. The Bertz CT molecular complexity index is 330. The number of hydrogen-bond acceptors (Lipinski definition) is 2. The minimum atomic E-state index is 0.846. The summed E-state index contributed by atoms with van der Waals surface area (Å²) in [5.41, 5.74) is 0. The zero-order valence-electron chi connectivity index (χ0n) is 11.9. The Morgan fingerprint density at radius 1 is 0.947 bits per heavy atom. The van der Waals surface area contributed by atoms with Crippen LogP contribution in [0.4, 0.5) is 0 Å². The number of unbranched alkanes of at least 4 members (excludes halogenated alkanes) is 6. The summed E-state index contributed by atoms with van der Waals surface area (Å²) < 4.78 is 5.85. The molecule has 0 fully saturated rings. The molecule has 0 aliphatic carbocycles. The molecule has 0 aliphatic rings. The molecule has 0 atom stereocenters. The maximum absolute atomic E-state index is 5.85. The van der Waals surface area contributed by atoms with Crippen LogP contribution in [0.5, 0.6) is 5.75 Å². The van der Waals surface area contributed by atoms with Gasteiger partial charge in [-0.25, -0.2) is 0 Å². The van der Waals surface area contributed by atoms with E-state index < -0.39 is 0 Å². The van der Waals surface area contributed by atoms with Crippen molar-refractivity contribution >= 4 is 27.7 Å². The van der Waals surface area contributed by atoms with Crippen LogP contribution in [0.3, 0.4) is 0 Å². The van der Waals surface area contributed by atoms with Crippen LogP contribution in [0.2, 0.25) is 0 Å². The molecule has 1 aromatic rings. The highest BCUT2D eigenvalue weighted by molar-refractivity contribution is 9.09. The summed E-state index contributed by atoms with van der Waals surface area (Å²) in [6.07, 6.45) is 11.3. The van der Waals surface area contributed by atoms with Gasteiger partial charge in [0.1, 0.15) is 5.75 Å². The molecular weight excluding hydrogens is 320 g/mol. The van der Waals surface area contributed by atoms with Gasteiger partial charge in [0.05, 0.1) is 6.61 Å². The molecule has 0 radical (unpaired) electrons. The predicted molar refractivity (Wildman–Crippen MR) is 89.8 cm³/mol. The highest BCUT2D eigenvalue weighted by atomic mass is 79.9. The molecule has 0 saturated heterocycles. The average Bonchev–Trinajstić information content (AvgIpc) is 2.46. The van der Waals surface area contributed by atoms with Gasteiger partial charge in [-0.3, -0.25) is 0 Å². The predicted octanol–water partition coefficient (Wildman–Crippen LogP) is 5.91. The van der Waals surface area contributed by atoms with Crippen molar-refractivity contribution in [3.05, 3.63) is 24.3 Å². The number of benzene rings is 1. The van der Waals surface area contributed by atoms with E-state index in [4.69, 9.17) is 4.74 Å². The van der Waals surface area contributed by atoms with E-state index in [0.717, 1.165) is 17.7 Å². The van der Waals surface area contributed by atoms with E-state index >= 15 is 0 Å². The Morgan fingerprint density at radius 2 is 1.58 bits per heavy atom. The Balaban J connectivity index is 2.01. The molecule has 0 amide bonds. The average molecular weight is 345 g/mol. The molecule has 1 aromatic carbocycles. The molecule has 0 saturated carbocycles. The van der Waals surface area contributed by atoms with Gasteiger partial charge in [-0.05, 0) is 31.2 Å². The van der Waals surface area contributed by atoms with E-state index in [1.54, 1.807) is 11.8 Å². The molecule has 0 unspecified atom stereocenters. The molecule has 0 heterocycles. The van der Waals surface area contributed by atoms with Crippen LogP contribution in [-0.2, 0) is 0 Å². The van der Waals surface area contributed by atoms with E-state index in [9.17, 15) is 0 Å². The lowest BCUT2D eigenvalue weighted by molar-refractivity contribution is 0.298. The maximum Gasteiger partial charge on any atom is 0.132 e. The maximum atomic E-state index is 5.85. The summed E-state index contributed by atoms with van der Waals surface area (Å²) in [5, 5.41) is 1.15. The standard InChI is InChI=1S/C16H25BrOS/c1-19-16-12-8-7-11-15(16)18-14-10-6-4-2-3-5-9-13-17/h7-8,11-12H,2-6,9-10,13-14H2,1H3. The Hall–Kier alpha value is -0.150. The smallest absolute Gasteiger partial charge is 0.132 e. The van der Waals surface area contributed by atoms with E-state index in [2.05, 4.69) is 40.4 Å². The number of ether oxygens (including phenoxy) is 1. The van der Waals surface area contributed by atoms with Crippen molar-refractivity contribution in [2.45, 2.75) is 49.8 Å². The summed E-state index contributed by atoms with van der Waals surface area (Å²) >= 11 is 5.21. The zero-order valence-corrected chi connectivity index (χ0v) is 14.3. The molecule has 0 aliphatic heterocycles. The van der Waals surface area contributed by atoms with Gasteiger partial charge < -0.3 is 4.74 Å². The summed E-state index contributed by atoms with van der Waals surface area (Å²) in [5.74, 6) is 1.03. The first-order chi connectivity index (χ1) is 9.38. The van der Waals surface area contributed by atoms with E-state index in [0.29, 0.717) is 0 Å². The van der Waals surface area contributed by atoms with Crippen LogP contribution in [0.15, 0.2) is 29.2 Å². The first-order valence-corrected chi connectivity index (χ1v) is 9.55. The number of alkyl halides is 1. The number of halogens is 1. The number of hydrogen-bond donors (Lipinski definition) is 0. The highest BCUT2D eigenvalue weighted by Crippen LogP contribution is 2.26. The molecule has 0 bridgehead atoms. The first kappa shape index (κ1) is 16.9. The zero-order chi connectivity index (χ0) is 13.8. The molecular formula is C16H25BrOS. The Labute approximate surface area is 130 Å². The first-order valence-electron chi connectivity index (χ1n) is 7.20. The van der Waals surface area contributed by atoms with Gasteiger partial charge in [0, 0.05) is 10.2 Å². The number of rotatable bonds is 11. The van der Waals surface area contributed by atoms with Gasteiger partial charge in [0.2, 0.25) is 0 Å². The van der Waals surface area contributed by atoms with Crippen molar-refractivity contribution < 1.29 is 4.74 Å². The molecule has 0 spiro atoms. The quantitative estimate of drug-likeness (QED) is 0.280. The fourth-order valence-corrected chi connectivity index (χ4v) is 2.94. The Kier molecular flexibility index (Phi) is 10.4. The van der Waals surface area contributed by atoms with Crippen molar-refractivity contribution in [2.24, 2.45) is 0 Å². The second kappa shape index (κ2) is 11.7. The summed E-state index contributed by atoms with van der Waals surface area (Å²) in [4.78, 5) is 1.23. The van der Waals surface area contributed by atoms with E-state index in [1.807, 2.05) is 6.07 Å². The third-order valence-electron chi connectivity index (χ3n) is 3.10. The lowest BCUT2D eigenvalue weighted by atomic mass is 10.1. The van der Waals surface area contributed by atoms with Gasteiger partial charge in [-0.1, -0.05) is 60.2 Å². The minimum Gasteiger partial charge on any atom is -0.492 e. The molecule has 3 heteroatoms. The molecule has 1 rings (SSSR count). The molecule has 1 nitrogen and oxygen atoms in total. The lowest BCUT2D eigenvalue weighted by Gasteiger charge is -2.09. The van der Waals surface area contributed by atoms with Crippen LogP contribution < -0.4 is 4.74 Å². The van der Waals surface area contributed by atoms with Crippen molar-refractivity contribution in [1.29, 1.82) is 0 Å².